The van der Waals surface area contributed by atoms with Crippen LogP contribution in [0.15, 0.2) is 15.8 Å². The van der Waals surface area contributed by atoms with Gasteiger partial charge in [-0.25, -0.2) is 4.57 Å². The second-order valence-corrected chi connectivity index (χ2v) is 16.5. The number of halogens is 1. The molecule has 1 saturated heterocycles. The molecule has 0 saturated carbocycles. The Kier molecular flexibility index (Phi) is 8.84. The number of aromatic nitrogens is 2. The second-order valence-electron chi connectivity index (χ2n) is 5.77. The van der Waals surface area contributed by atoms with E-state index in [9.17, 15) is 33.3 Å². The van der Waals surface area contributed by atoms with E-state index in [1.165, 1.54) is 6.20 Å². The standard InChI is InChI=1S/C9H14N2O14P3.ClH.Hg/c12-5-3-8(11-2-1-7(13)10-9(11)14)23-6(5)4-22-27(18,19)25-28(20,21)24-26(15,16)17;;/h2,5-6,8,12H,3-4H2,(H,18,19)(H,20,21)(H,10,13,14)(H2,15,16,17);1H;/q;;+1/p-1/t5-,6+,8+;;/m0../s1. The van der Waals surface area contributed by atoms with Gasteiger partial charge in [0.2, 0.25) is 0 Å². The molecule has 2 unspecified atom stereocenters. The van der Waals surface area contributed by atoms with Gasteiger partial charge in [0.05, 0.1) is 0 Å². The van der Waals surface area contributed by atoms with E-state index in [0.717, 1.165) is 4.57 Å². The van der Waals surface area contributed by atoms with Crippen molar-refractivity contribution in [1.82, 2.24) is 9.55 Å². The Morgan fingerprint density at radius 3 is 2.40 bits per heavy atom. The van der Waals surface area contributed by atoms with Crippen molar-refractivity contribution in [2.24, 2.45) is 0 Å². The molecule has 1 aromatic rings. The summed E-state index contributed by atoms with van der Waals surface area (Å²) in [5.74, 6) is 0. The zero-order chi connectivity index (χ0) is 22.9. The minimum atomic E-state index is -5.68. The molecule has 0 amide bonds. The van der Waals surface area contributed by atoms with Gasteiger partial charge in [0.1, 0.15) is 0 Å². The summed E-state index contributed by atoms with van der Waals surface area (Å²) >= 11 is -2.21. The SMILES string of the molecule is O=c1[nH]c(=O)n([C@H]2C[C@H](O)[C@@H](COP(=O)(O)OP(=O)(O)OP(=O)(O)O)O2)c[c]1[Hg][Cl]. The molecule has 5 atom stereocenters. The van der Waals surface area contributed by atoms with Gasteiger partial charge >= 0.3 is 168 Å². The molecule has 6 N–H and O–H groups in total. The Labute approximate surface area is 182 Å². The number of hydrogen-bond donors (Lipinski definition) is 6. The predicted molar refractivity (Wildman–Crippen MR) is 91.2 cm³/mol. The van der Waals surface area contributed by atoms with Gasteiger partial charge in [0.25, 0.3) is 0 Å². The summed E-state index contributed by atoms with van der Waals surface area (Å²) in [6.45, 7) is -0.887. The molecule has 0 bridgehead atoms. The molecule has 1 aliphatic heterocycles. The Morgan fingerprint density at radius 2 is 1.83 bits per heavy atom. The van der Waals surface area contributed by atoms with Crippen LogP contribution in [-0.4, -0.2) is 53.0 Å². The molecule has 0 aliphatic carbocycles. The van der Waals surface area contributed by atoms with Crippen molar-refractivity contribution in [2.45, 2.75) is 24.9 Å². The number of aromatic amines is 1. The first-order valence-electron chi connectivity index (χ1n) is 7.64. The molecular formula is C9H14ClHgN2O14P3. The number of hydrogen-bond acceptors (Lipinski definition) is 10. The molecule has 0 aromatic carbocycles. The van der Waals surface area contributed by atoms with Crippen molar-refractivity contribution >= 4 is 34.8 Å². The molecule has 2 rings (SSSR count). The molecule has 2 heterocycles. The first-order valence-corrected chi connectivity index (χ1v) is 21.7. The Bertz CT molecular complexity index is 1040. The monoisotopic (exact) mass is 704 g/mol. The third kappa shape index (κ3) is 7.68. The fourth-order valence-corrected chi connectivity index (χ4v) is 8.89. The van der Waals surface area contributed by atoms with E-state index in [1.54, 1.807) is 0 Å². The van der Waals surface area contributed by atoms with Gasteiger partial charge in [-0.05, 0) is 0 Å². The molecule has 0 radical (unpaired) electrons. The molecule has 1 aliphatic rings. The number of nitrogens with zero attached hydrogens (tertiary/aromatic N) is 1. The number of nitrogens with one attached hydrogen (secondary N) is 1. The van der Waals surface area contributed by atoms with Crippen LogP contribution >= 0.6 is 31.7 Å². The summed E-state index contributed by atoms with van der Waals surface area (Å²) in [6.07, 6.45) is -2.71. The van der Waals surface area contributed by atoms with Crippen molar-refractivity contribution in [3.63, 3.8) is 0 Å². The Morgan fingerprint density at radius 1 is 1.20 bits per heavy atom. The van der Waals surface area contributed by atoms with Crippen molar-refractivity contribution in [2.75, 3.05) is 6.61 Å². The minimum absolute atomic E-state index is 0.186. The van der Waals surface area contributed by atoms with Crippen LogP contribution in [0.2, 0.25) is 0 Å². The molecule has 1 fully saturated rings. The number of ether oxygens (including phenoxy) is 1. The van der Waals surface area contributed by atoms with Crippen LogP contribution in [-0.2, 0) is 54.9 Å². The molecule has 16 nitrogen and oxygen atoms in total. The summed E-state index contributed by atoms with van der Waals surface area (Å²) in [7, 11) is -10.8. The van der Waals surface area contributed by atoms with Crippen LogP contribution in [0.5, 0.6) is 0 Å². The number of H-pyrrole nitrogens is 1. The van der Waals surface area contributed by atoms with Crippen molar-refractivity contribution < 1.29 is 79.6 Å². The van der Waals surface area contributed by atoms with Gasteiger partial charge in [-0.2, -0.15) is 0 Å². The van der Waals surface area contributed by atoms with E-state index in [-0.39, 0.29) is 9.49 Å². The topological polar surface area (TPSA) is 244 Å². The zero-order valence-electron chi connectivity index (χ0n) is 14.5. The van der Waals surface area contributed by atoms with Crippen LogP contribution in [0.4, 0.5) is 0 Å². The van der Waals surface area contributed by atoms with E-state index in [1.807, 2.05) is 0 Å². The molecule has 30 heavy (non-hydrogen) atoms. The van der Waals surface area contributed by atoms with Crippen LogP contribution in [0.3, 0.4) is 0 Å². The van der Waals surface area contributed by atoms with E-state index in [0.29, 0.717) is 0 Å². The van der Waals surface area contributed by atoms with Crippen LogP contribution in [0.25, 0.3) is 0 Å². The van der Waals surface area contributed by atoms with E-state index in [2.05, 4.69) is 18.1 Å². The van der Waals surface area contributed by atoms with Crippen molar-refractivity contribution in [1.29, 1.82) is 0 Å². The van der Waals surface area contributed by atoms with Gasteiger partial charge in [0.15, 0.2) is 0 Å². The van der Waals surface area contributed by atoms with Crippen molar-refractivity contribution in [3.05, 3.63) is 27.0 Å². The molecule has 0 spiro atoms. The van der Waals surface area contributed by atoms with E-state index >= 15 is 0 Å². The second kappa shape index (κ2) is 10.0. The predicted octanol–water partition coefficient (Wildman–Crippen LogP) is -1.61. The quantitative estimate of drug-likeness (QED) is 0.125. The molecule has 168 valence electrons. The van der Waals surface area contributed by atoms with Gasteiger partial charge in [0, 0.05) is 0 Å². The summed E-state index contributed by atoms with van der Waals surface area (Å²) in [5, 5.41) is 10.0. The van der Waals surface area contributed by atoms with Crippen LogP contribution in [0.1, 0.15) is 12.6 Å². The molecule has 1 aromatic heterocycles. The van der Waals surface area contributed by atoms with Crippen LogP contribution in [0, 0.1) is 0 Å². The summed E-state index contributed by atoms with van der Waals surface area (Å²) in [6, 6.07) is 0. The first kappa shape index (κ1) is 26.5. The van der Waals surface area contributed by atoms with E-state index < -0.39 is 83.1 Å². The number of rotatable bonds is 9. The fraction of sp³-hybridized carbons (Fsp3) is 0.556. The van der Waals surface area contributed by atoms with Gasteiger partial charge in [-0.15, -0.1) is 0 Å². The summed E-state index contributed by atoms with van der Waals surface area (Å²) < 4.78 is 51.7. The van der Waals surface area contributed by atoms with Gasteiger partial charge in [-0.3, -0.25) is 0 Å². The normalized spacial score (nSPS) is 26.0. The maximum absolute atomic E-state index is 12.0. The van der Waals surface area contributed by atoms with Gasteiger partial charge in [-0.1, -0.05) is 0 Å². The number of phosphoric ester groups is 1. The summed E-state index contributed by atoms with van der Waals surface area (Å²) in [5.41, 5.74) is -1.45. The maximum atomic E-state index is 12.0. The molecular weight excluding hydrogens is 689 g/mol. The number of phosphoric acid groups is 3. The average molecular weight is 703 g/mol. The zero-order valence-corrected chi connectivity index (χ0v) is 23.4. The number of aliphatic hydroxyl groups is 1. The average Bonchev–Trinajstić information content (AvgIpc) is 2.90. The summed E-state index contributed by atoms with van der Waals surface area (Å²) in [4.78, 5) is 61.0. The van der Waals surface area contributed by atoms with E-state index in [4.69, 9.17) is 27.7 Å². The number of aliphatic hydroxyl groups excluding tert-OH is 1. The Hall–Kier alpha value is 0.235. The van der Waals surface area contributed by atoms with Crippen LogP contribution < -0.4 is 14.3 Å². The third-order valence-electron chi connectivity index (χ3n) is 3.52. The third-order valence-corrected chi connectivity index (χ3v) is 12.9. The molecule has 21 heteroatoms. The fourth-order valence-electron chi connectivity index (χ4n) is 2.34. The van der Waals surface area contributed by atoms with Crippen molar-refractivity contribution in [3.8, 4) is 0 Å². The van der Waals surface area contributed by atoms with Gasteiger partial charge < -0.3 is 9.79 Å². The first-order chi connectivity index (χ1) is 13.6. The Balaban J connectivity index is 2.05.